The molecule has 2 aromatic carbocycles. The van der Waals surface area contributed by atoms with Crippen molar-refractivity contribution in [2.45, 2.75) is 13.5 Å². The van der Waals surface area contributed by atoms with Crippen molar-refractivity contribution in [1.82, 2.24) is 4.57 Å². The molecule has 1 aromatic heterocycles. The summed E-state index contributed by atoms with van der Waals surface area (Å²) in [6, 6.07) is 12.3. The van der Waals surface area contributed by atoms with Gasteiger partial charge in [-0.25, -0.2) is 0 Å². The summed E-state index contributed by atoms with van der Waals surface area (Å²) in [6.45, 7) is 2.29. The zero-order valence-corrected chi connectivity index (χ0v) is 16.6. The standard InChI is InChI=1S/C20H20N2O5S/c1-4-27-15-6-5-7-16-18(15)22(12-17(23)26-3)20(28-16)21-19(24)13-8-10-14(25-2)11-9-13/h5-11H,4,12H2,1-3H3. The van der Waals surface area contributed by atoms with Crippen molar-refractivity contribution in [2.24, 2.45) is 4.99 Å². The number of ether oxygens (including phenoxy) is 3. The van der Waals surface area contributed by atoms with Crippen molar-refractivity contribution in [3.05, 3.63) is 52.8 Å². The van der Waals surface area contributed by atoms with Crippen LogP contribution in [-0.2, 0) is 16.1 Å². The van der Waals surface area contributed by atoms with Crippen LogP contribution in [-0.4, -0.2) is 37.3 Å². The maximum Gasteiger partial charge on any atom is 0.325 e. The van der Waals surface area contributed by atoms with Crippen LogP contribution in [0.2, 0.25) is 0 Å². The van der Waals surface area contributed by atoms with Crippen LogP contribution >= 0.6 is 11.3 Å². The normalized spacial score (nSPS) is 11.5. The van der Waals surface area contributed by atoms with Gasteiger partial charge in [0.05, 0.1) is 25.5 Å². The van der Waals surface area contributed by atoms with Crippen LogP contribution in [0, 0.1) is 0 Å². The Labute approximate surface area is 165 Å². The summed E-state index contributed by atoms with van der Waals surface area (Å²) in [5.74, 6) is 0.425. The molecule has 0 aliphatic carbocycles. The van der Waals surface area contributed by atoms with Crippen LogP contribution in [0.3, 0.4) is 0 Å². The van der Waals surface area contributed by atoms with Gasteiger partial charge in [-0.1, -0.05) is 17.4 Å². The average Bonchev–Trinajstić information content (AvgIpc) is 3.06. The Morgan fingerprint density at radius 1 is 1.11 bits per heavy atom. The molecule has 0 atom stereocenters. The lowest BCUT2D eigenvalue weighted by atomic mass is 10.2. The third kappa shape index (κ3) is 4.07. The second-order valence-corrected chi connectivity index (χ2v) is 6.74. The predicted octanol–water partition coefficient (Wildman–Crippen LogP) is 3.02. The number of fused-ring (bicyclic) bond motifs is 1. The van der Waals surface area contributed by atoms with E-state index in [9.17, 15) is 9.59 Å². The quantitative estimate of drug-likeness (QED) is 0.594. The molecule has 0 bridgehead atoms. The van der Waals surface area contributed by atoms with Gasteiger partial charge in [-0.3, -0.25) is 9.59 Å². The molecular formula is C20H20N2O5S. The summed E-state index contributed by atoms with van der Waals surface area (Å²) in [5.41, 5.74) is 1.13. The van der Waals surface area contributed by atoms with Crippen LogP contribution < -0.4 is 14.3 Å². The zero-order chi connectivity index (χ0) is 20.1. The Balaban J connectivity index is 2.13. The predicted molar refractivity (Wildman–Crippen MR) is 106 cm³/mol. The maximum absolute atomic E-state index is 12.6. The molecule has 0 saturated carbocycles. The van der Waals surface area contributed by atoms with Gasteiger partial charge >= 0.3 is 5.97 Å². The second-order valence-electron chi connectivity index (χ2n) is 5.73. The summed E-state index contributed by atoms with van der Waals surface area (Å²) < 4.78 is 18.1. The van der Waals surface area contributed by atoms with Gasteiger partial charge in [-0.15, -0.1) is 0 Å². The van der Waals surface area contributed by atoms with Crippen LogP contribution in [0.25, 0.3) is 10.2 Å². The average molecular weight is 400 g/mol. The molecular weight excluding hydrogens is 380 g/mol. The number of para-hydroxylation sites is 1. The SMILES string of the molecule is CCOc1cccc2sc(=NC(=O)c3ccc(OC)cc3)n(CC(=O)OC)c12. The molecule has 146 valence electrons. The van der Waals surface area contributed by atoms with E-state index in [-0.39, 0.29) is 6.54 Å². The second kappa shape index (κ2) is 8.71. The monoisotopic (exact) mass is 400 g/mol. The molecule has 7 nitrogen and oxygen atoms in total. The molecule has 8 heteroatoms. The summed E-state index contributed by atoms with van der Waals surface area (Å²) >= 11 is 1.31. The van der Waals surface area contributed by atoms with Crippen molar-refractivity contribution in [2.75, 3.05) is 20.8 Å². The molecule has 28 heavy (non-hydrogen) atoms. The maximum atomic E-state index is 12.6. The fourth-order valence-corrected chi connectivity index (χ4v) is 3.73. The number of esters is 1. The van der Waals surface area contributed by atoms with Crippen LogP contribution in [0.1, 0.15) is 17.3 Å². The largest absolute Gasteiger partial charge is 0.497 e. The Morgan fingerprint density at radius 3 is 2.50 bits per heavy atom. The molecule has 1 heterocycles. The fourth-order valence-electron chi connectivity index (χ4n) is 2.68. The molecule has 0 spiro atoms. The Hall–Kier alpha value is -3.13. The van der Waals surface area contributed by atoms with Gasteiger partial charge in [0.2, 0.25) is 0 Å². The summed E-state index contributed by atoms with van der Waals surface area (Å²) in [5, 5.41) is 0. The zero-order valence-electron chi connectivity index (χ0n) is 15.8. The lowest BCUT2D eigenvalue weighted by Gasteiger charge is -2.08. The van der Waals surface area contributed by atoms with E-state index in [4.69, 9.17) is 14.2 Å². The van der Waals surface area contributed by atoms with Gasteiger partial charge in [0.25, 0.3) is 5.91 Å². The van der Waals surface area contributed by atoms with E-state index in [2.05, 4.69) is 4.99 Å². The Bertz CT molecular complexity index is 1070. The number of hydrogen-bond donors (Lipinski definition) is 0. The lowest BCUT2D eigenvalue weighted by molar-refractivity contribution is -0.141. The number of carbonyl (C=O) groups is 2. The molecule has 0 saturated heterocycles. The molecule has 0 radical (unpaired) electrons. The first-order chi connectivity index (χ1) is 13.6. The number of thiazole rings is 1. The van der Waals surface area contributed by atoms with E-state index >= 15 is 0 Å². The summed E-state index contributed by atoms with van der Waals surface area (Å²) in [6.07, 6.45) is 0. The molecule has 0 fully saturated rings. The number of rotatable bonds is 6. The minimum Gasteiger partial charge on any atom is -0.497 e. The van der Waals surface area contributed by atoms with Gasteiger partial charge in [0, 0.05) is 5.56 Å². The van der Waals surface area contributed by atoms with Crippen LogP contribution in [0.15, 0.2) is 47.5 Å². The molecule has 0 unspecified atom stereocenters. The Morgan fingerprint density at radius 2 is 1.86 bits per heavy atom. The van der Waals surface area contributed by atoms with Gasteiger partial charge < -0.3 is 18.8 Å². The van der Waals surface area contributed by atoms with E-state index in [1.54, 1.807) is 35.9 Å². The topological polar surface area (TPSA) is 79.1 Å². The van der Waals surface area contributed by atoms with Gasteiger partial charge in [-0.05, 0) is 43.3 Å². The van der Waals surface area contributed by atoms with E-state index < -0.39 is 11.9 Å². The first-order valence-electron chi connectivity index (χ1n) is 8.62. The lowest BCUT2D eigenvalue weighted by Crippen LogP contribution is -2.22. The number of methoxy groups -OCH3 is 2. The van der Waals surface area contributed by atoms with Crippen LogP contribution in [0.4, 0.5) is 0 Å². The van der Waals surface area contributed by atoms with E-state index in [1.807, 2.05) is 25.1 Å². The third-order valence-corrected chi connectivity index (χ3v) is 5.06. The highest BCUT2D eigenvalue weighted by Gasteiger charge is 2.16. The van der Waals surface area contributed by atoms with E-state index in [0.29, 0.717) is 34.0 Å². The molecule has 1 amide bonds. The van der Waals surface area contributed by atoms with Crippen LogP contribution in [0.5, 0.6) is 11.5 Å². The highest BCUT2D eigenvalue weighted by Crippen LogP contribution is 2.27. The minimum atomic E-state index is -0.440. The molecule has 3 rings (SSSR count). The smallest absolute Gasteiger partial charge is 0.325 e. The highest BCUT2D eigenvalue weighted by molar-refractivity contribution is 7.16. The summed E-state index contributed by atoms with van der Waals surface area (Å²) in [7, 11) is 2.88. The van der Waals surface area contributed by atoms with E-state index in [1.165, 1.54) is 18.4 Å². The fraction of sp³-hybridized carbons (Fsp3) is 0.250. The van der Waals surface area contributed by atoms with Crippen molar-refractivity contribution in [3.8, 4) is 11.5 Å². The number of benzene rings is 2. The number of aromatic nitrogens is 1. The van der Waals surface area contributed by atoms with Crippen molar-refractivity contribution >= 4 is 33.4 Å². The Kier molecular flexibility index (Phi) is 6.10. The van der Waals surface area contributed by atoms with Gasteiger partial charge in [-0.2, -0.15) is 4.99 Å². The first-order valence-corrected chi connectivity index (χ1v) is 9.44. The minimum absolute atomic E-state index is 0.0741. The molecule has 0 aliphatic heterocycles. The van der Waals surface area contributed by atoms with Crippen molar-refractivity contribution in [1.29, 1.82) is 0 Å². The summed E-state index contributed by atoms with van der Waals surface area (Å²) in [4.78, 5) is 29.2. The number of amides is 1. The third-order valence-electron chi connectivity index (χ3n) is 4.01. The van der Waals surface area contributed by atoms with Crippen molar-refractivity contribution in [3.63, 3.8) is 0 Å². The van der Waals surface area contributed by atoms with Gasteiger partial charge in [0.1, 0.15) is 23.6 Å². The molecule has 0 aliphatic rings. The molecule has 3 aromatic rings. The number of nitrogens with zero attached hydrogens (tertiary/aromatic N) is 2. The number of carbonyl (C=O) groups excluding carboxylic acids is 2. The van der Waals surface area contributed by atoms with E-state index in [0.717, 1.165) is 4.70 Å². The van der Waals surface area contributed by atoms with Gasteiger partial charge in [0.15, 0.2) is 4.80 Å². The van der Waals surface area contributed by atoms with Crippen molar-refractivity contribution < 1.29 is 23.8 Å². The molecule has 0 N–H and O–H groups in total. The number of hydrogen-bond acceptors (Lipinski definition) is 6. The first kappa shape index (κ1) is 19.6. The highest BCUT2D eigenvalue weighted by atomic mass is 32.1.